The molecular formula is C21H25N3O3. The number of methoxy groups -OCH3 is 1. The Balaban J connectivity index is 1.61. The average Bonchev–Trinajstić information content (AvgIpc) is 2.92. The van der Waals surface area contributed by atoms with E-state index in [9.17, 15) is 9.59 Å². The van der Waals surface area contributed by atoms with Crippen molar-refractivity contribution < 1.29 is 14.3 Å². The minimum Gasteiger partial charge on any atom is -0.497 e. The highest BCUT2D eigenvalue weighted by Crippen LogP contribution is 2.32. The summed E-state index contributed by atoms with van der Waals surface area (Å²) >= 11 is 0. The Morgan fingerprint density at radius 1 is 1.04 bits per heavy atom. The van der Waals surface area contributed by atoms with E-state index < -0.39 is 5.54 Å². The minimum atomic E-state index is -1.04. The normalized spacial score (nSPS) is 23.7. The van der Waals surface area contributed by atoms with Gasteiger partial charge in [-0.15, -0.1) is 0 Å². The van der Waals surface area contributed by atoms with Gasteiger partial charge in [0.15, 0.2) is 0 Å². The maximum Gasteiger partial charge on any atom is 0.326 e. The van der Waals surface area contributed by atoms with Crippen molar-refractivity contribution in [3.8, 4) is 5.75 Å². The van der Waals surface area contributed by atoms with Crippen LogP contribution in [0.25, 0.3) is 10.8 Å². The van der Waals surface area contributed by atoms with E-state index >= 15 is 0 Å². The number of piperidine rings is 1. The van der Waals surface area contributed by atoms with Gasteiger partial charge in [-0.25, -0.2) is 9.69 Å². The molecule has 2 aromatic rings. The zero-order valence-electron chi connectivity index (χ0n) is 15.8. The number of nitrogens with one attached hydrogen (secondary N) is 1. The molecule has 0 aromatic heterocycles. The third-order valence-electron chi connectivity index (χ3n) is 5.69. The number of ether oxygens (including phenoxy) is 1. The Kier molecular flexibility index (Phi) is 4.52. The van der Waals surface area contributed by atoms with Crippen LogP contribution in [0.3, 0.4) is 0 Å². The number of carbonyl (C=O) groups is 2. The summed E-state index contributed by atoms with van der Waals surface area (Å²) in [5.74, 6) is 0.602. The fourth-order valence-electron chi connectivity index (χ4n) is 3.98. The third kappa shape index (κ3) is 3.14. The van der Waals surface area contributed by atoms with Crippen LogP contribution in [0.1, 0.15) is 31.7 Å². The summed E-state index contributed by atoms with van der Waals surface area (Å²) in [6.07, 6.45) is 3.46. The number of nitrogens with zero attached hydrogens (tertiary/aromatic N) is 2. The first-order chi connectivity index (χ1) is 13.0. The Hall–Kier alpha value is -2.60. The van der Waals surface area contributed by atoms with Gasteiger partial charge in [0.05, 0.1) is 13.8 Å². The van der Waals surface area contributed by atoms with Crippen molar-refractivity contribution in [3.05, 3.63) is 42.0 Å². The second kappa shape index (κ2) is 6.85. The molecular weight excluding hydrogens is 342 g/mol. The van der Waals surface area contributed by atoms with Crippen LogP contribution in [0.5, 0.6) is 5.75 Å². The van der Waals surface area contributed by atoms with Crippen molar-refractivity contribution in [1.29, 1.82) is 0 Å². The predicted molar refractivity (Wildman–Crippen MR) is 104 cm³/mol. The molecule has 1 N–H and O–H groups in total. The van der Waals surface area contributed by atoms with Gasteiger partial charge in [-0.3, -0.25) is 9.69 Å². The number of carbonyl (C=O) groups excluding carboxylic acids is 2. The maximum atomic E-state index is 13.1. The number of urea groups is 1. The second-order valence-electron chi connectivity index (χ2n) is 7.54. The fraction of sp³-hybridized carbons (Fsp3) is 0.429. The third-order valence-corrected chi connectivity index (χ3v) is 5.69. The monoisotopic (exact) mass is 367 g/mol. The van der Waals surface area contributed by atoms with Crippen LogP contribution in [0.2, 0.25) is 0 Å². The van der Waals surface area contributed by atoms with E-state index in [1.54, 1.807) is 14.0 Å². The molecule has 0 radical (unpaired) electrons. The van der Waals surface area contributed by atoms with Crippen LogP contribution in [-0.2, 0) is 10.3 Å². The molecule has 0 bridgehead atoms. The fourth-order valence-corrected chi connectivity index (χ4v) is 3.98. The minimum absolute atomic E-state index is 0.189. The van der Waals surface area contributed by atoms with E-state index in [4.69, 9.17) is 4.74 Å². The van der Waals surface area contributed by atoms with Crippen molar-refractivity contribution in [2.75, 3.05) is 26.9 Å². The summed E-state index contributed by atoms with van der Waals surface area (Å²) in [6, 6.07) is 11.3. The zero-order chi connectivity index (χ0) is 19.0. The van der Waals surface area contributed by atoms with Gasteiger partial charge in [-0.05, 0) is 67.4 Å². The van der Waals surface area contributed by atoms with Gasteiger partial charge in [0.2, 0.25) is 0 Å². The molecule has 2 aliphatic heterocycles. The summed E-state index contributed by atoms with van der Waals surface area (Å²) in [4.78, 5) is 29.2. The van der Waals surface area contributed by atoms with Crippen LogP contribution in [0, 0.1) is 0 Å². The highest BCUT2D eigenvalue weighted by Gasteiger charge is 2.49. The molecule has 0 saturated carbocycles. The van der Waals surface area contributed by atoms with E-state index in [1.807, 2.05) is 36.4 Å². The summed E-state index contributed by atoms with van der Waals surface area (Å²) in [5, 5.41) is 4.95. The molecule has 2 aliphatic rings. The molecule has 2 fully saturated rings. The number of amides is 3. The first kappa shape index (κ1) is 17.8. The van der Waals surface area contributed by atoms with Crippen LogP contribution >= 0.6 is 0 Å². The van der Waals surface area contributed by atoms with Gasteiger partial charge in [0.25, 0.3) is 5.91 Å². The van der Waals surface area contributed by atoms with Crippen molar-refractivity contribution in [1.82, 2.24) is 15.1 Å². The SMILES string of the molecule is COc1ccc2cc([C@]3(C)NC(=O)N(CN4CCCCC4)C3=O)ccc2c1. The molecule has 2 aromatic carbocycles. The standard InChI is InChI=1S/C21H25N3O3/c1-21(17-8-6-16-13-18(27-2)9-7-15(16)12-17)19(25)24(20(26)22-21)14-23-10-4-3-5-11-23/h6-9,12-13H,3-5,10-11,14H2,1-2H3,(H,22,26)/t21-/m0/s1. The molecule has 2 heterocycles. The number of rotatable bonds is 4. The van der Waals surface area contributed by atoms with E-state index in [0.717, 1.165) is 48.0 Å². The van der Waals surface area contributed by atoms with Gasteiger partial charge >= 0.3 is 6.03 Å². The van der Waals surface area contributed by atoms with Gasteiger partial charge < -0.3 is 10.1 Å². The number of hydrogen-bond acceptors (Lipinski definition) is 4. The van der Waals surface area contributed by atoms with Crippen molar-refractivity contribution in [3.63, 3.8) is 0 Å². The number of fused-ring (bicyclic) bond motifs is 1. The van der Waals surface area contributed by atoms with Crippen molar-refractivity contribution >= 4 is 22.7 Å². The Morgan fingerprint density at radius 2 is 1.74 bits per heavy atom. The highest BCUT2D eigenvalue weighted by molar-refractivity contribution is 6.07. The van der Waals surface area contributed by atoms with Crippen molar-refractivity contribution in [2.24, 2.45) is 0 Å². The van der Waals surface area contributed by atoms with Crippen LogP contribution in [-0.4, -0.2) is 48.6 Å². The lowest BCUT2D eigenvalue weighted by Crippen LogP contribution is -2.45. The molecule has 27 heavy (non-hydrogen) atoms. The maximum absolute atomic E-state index is 13.1. The van der Waals surface area contributed by atoms with Crippen molar-refractivity contribution in [2.45, 2.75) is 31.7 Å². The largest absolute Gasteiger partial charge is 0.497 e. The summed E-state index contributed by atoms with van der Waals surface area (Å²) < 4.78 is 5.27. The molecule has 0 spiro atoms. The quantitative estimate of drug-likeness (QED) is 0.844. The average molecular weight is 367 g/mol. The van der Waals surface area contributed by atoms with E-state index in [1.165, 1.54) is 11.3 Å². The number of hydrogen-bond donors (Lipinski definition) is 1. The Morgan fingerprint density at radius 3 is 2.48 bits per heavy atom. The zero-order valence-corrected chi connectivity index (χ0v) is 15.8. The number of imide groups is 1. The summed E-state index contributed by atoms with van der Waals surface area (Å²) in [7, 11) is 1.64. The molecule has 6 nitrogen and oxygen atoms in total. The molecule has 1 atom stereocenters. The van der Waals surface area contributed by atoms with Crippen LogP contribution in [0.15, 0.2) is 36.4 Å². The highest BCUT2D eigenvalue weighted by atomic mass is 16.5. The lowest BCUT2D eigenvalue weighted by Gasteiger charge is -2.30. The first-order valence-corrected chi connectivity index (χ1v) is 9.46. The lowest BCUT2D eigenvalue weighted by molar-refractivity contribution is -0.132. The smallest absolute Gasteiger partial charge is 0.326 e. The Bertz CT molecular complexity index is 891. The van der Waals surface area contributed by atoms with Gasteiger partial charge in [-0.2, -0.15) is 0 Å². The molecule has 2 saturated heterocycles. The van der Waals surface area contributed by atoms with Gasteiger partial charge in [0, 0.05) is 0 Å². The summed E-state index contributed by atoms with van der Waals surface area (Å²) in [6.45, 7) is 4.02. The van der Waals surface area contributed by atoms with Crippen LogP contribution < -0.4 is 10.1 Å². The van der Waals surface area contributed by atoms with Gasteiger partial charge in [-0.1, -0.05) is 24.6 Å². The second-order valence-corrected chi connectivity index (χ2v) is 7.54. The van der Waals surface area contributed by atoms with E-state index in [2.05, 4.69) is 10.2 Å². The predicted octanol–water partition coefficient (Wildman–Crippen LogP) is 3.06. The topological polar surface area (TPSA) is 61.9 Å². The Labute approximate surface area is 159 Å². The lowest BCUT2D eigenvalue weighted by atomic mass is 9.90. The molecule has 3 amide bonds. The molecule has 0 unspecified atom stereocenters. The molecule has 4 rings (SSSR count). The molecule has 142 valence electrons. The number of benzene rings is 2. The molecule has 6 heteroatoms. The van der Waals surface area contributed by atoms with Gasteiger partial charge in [0.1, 0.15) is 11.3 Å². The molecule has 0 aliphatic carbocycles. The number of likely N-dealkylation sites (tertiary alicyclic amines) is 1. The van der Waals surface area contributed by atoms with E-state index in [0.29, 0.717) is 6.67 Å². The first-order valence-electron chi connectivity index (χ1n) is 9.46. The van der Waals surface area contributed by atoms with Crippen LogP contribution in [0.4, 0.5) is 4.79 Å². The van der Waals surface area contributed by atoms with E-state index in [-0.39, 0.29) is 11.9 Å². The summed E-state index contributed by atoms with van der Waals surface area (Å²) in [5.41, 5.74) is -0.249.